The Bertz CT molecular complexity index is 456. The SMILES string of the molecule is CC(C)CNS(=O)(=O)N1CC(=O)NC(=O)C1(C)C. The maximum atomic E-state index is 12.1. The minimum Gasteiger partial charge on any atom is -0.294 e. The van der Waals surface area contributed by atoms with Crippen LogP contribution in [0, 0.1) is 5.92 Å². The average molecular weight is 277 g/mol. The van der Waals surface area contributed by atoms with E-state index < -0.39 is 27.6 Å². The highest BCUT2D eigenvalue weighted by Crippen LogP contribution is 2.21. The lowest BCUT2D eigenvalue weighted by Crippen LogP contribution is -2.67. The Balaban J connectivity index is 2.98. The fraction of sp³-hybridized carbons (Fsp3) is 0.800. The van der Waals surface area contributed by atoms with Crippen molar-refractivity contribution in [3.05, 3.63) is 0 Å². The van der Waals surface area contributed by atoms with Gasteiger partial charge in [-0.1, -0.05) is 13.8 Å². The lowest BCUT2D eigenvalue weighted by Gasteiger charge is -2.38. The summed E-state index contributed by atoms with van der Waals surface area (Å²) in [7, 11) is -3.85. The van der Waals surface area contributed by atoms with Gasteiger partial charge in [0, 0.05) is 6.54 Å². The number of nitrogens with one attached hydrogen (secondary N) is 2. The van der Waals surface area contributed by atoms with E-state index in [4.69, 9.17) is 0 Å². The molecule has 1 aliphatic heterocycles. The van der Waals surface area contributed by atoms with Gasteiger partial charge in [0.05, 0.1) is 6.54 Å². The minimum atomic E-state index is -3.85. The number of rotatable bonds is 4. The summed E-state index contributed by atoms with van der Waals surface area (Å²) in [6.45, 7) is 6.55. The van der Waals surface area contributed by atoms with E-state index in [1.807, 2.05) is 13.8 Å². The monoisotopic (exact) mass is 277 g/mol. The topological polar surface area (TPSA) is 95.6 Å². The summed E-state index contributed by atoms with van der Waals surface area (Å²) < 4.78 is 27.4. The van der Waals surface area contributed by atoms with E-state index in [-0.39, 0.29) is 19.0 Å². The van der Waals surface area contributed by atoms with Gasteiger partial charge < -0.3 is 0 Å². The second kappa shape index (κ2) is 4.94. The van der Waals surface area contributed by atoms with Crippen molar-refractivity contribution in [1.82, 2.24) is 14.3 Å². The Kier molecular flexibility index (Phi) is 4.14. The van der Waals surface area contributed by atoms with Crippen molar-refractivity contribution in [2.45, 2.75) is 33.2 Å². The van der Waals surface area contributed by atoms with Crippen LogP contribution >= 0.6 is 0 Å². The first-order valence-corrected chi connectivity index (χ1v) is 7.13. The number of nitrogens with zero attached hydrogens (tertiary/aromatic N) is 1. The molecule has 1 heterocycles. The quantitative estimate of drug-likeness (QED) is 0.659. The van der Waals surface area contributed by atoms with Crippen molar-refractivity contribution >= 4 is 22.0 Å². The molecule has 1 rings (SSSR count). The van der Waals surface area contributed by atoms with Crippen LogP contribution in [0.3, 0.4) is 0 Å². The Morgan fingerprint density at radius 2 is 1.94 bits per heavy atom. The maximum Gasteiger partial charge on any atom is 0.280 e. The van der Waals surface area contributed by atoms with Crippen molar-refractivity contribution in [3.8, 4) is 0 Å². The molecule has 18 heavy (non-hydrogen) atoms. The van der Waals surface area contributed by atoms with Crippen molar-refractivity contribution in [2.24, 2.45) is 5.92 Å². The summed E-state index contributed by atoms with van der Waals surface area (Å²) in [5.74, 6) is -1.10. The van der Waals surface area contributed by atoms with Crippen LogP contribution in [0.5, 0.6) is 0 Å². The predicted molar refractivity (Wildman–Crippen MR) is 65.7 cm³/mol. The first kappa shape index (κ1) is 15.1. The van der Waals surface area contributed by atoms with Crippen LogP contribution in [0.4, 0.5) is 0 Å². The molecule has 0 aliphatic carbocycles. The van der Waals surface area contributed by atoms with Crippen molar-refractivity contribution < 1.29 is 18.0 Å². The fourth-order valence-corrected chi connectivity index (χ4v) is 3.17. The van der Waals surface area contributed by atoms with E-state index in [0.717, 1.165) is 4.31 Å². The molecule has 0 aromatic heterocycles. The van der Waals surface area contributed by atoms with Gasteiger partial charge in [0.15, 0.2) is 0 Å². The van der Waals surface area contributed by atoms with Crippen molar-refractivity contribution in [3.63, 3.8) is 0 Å². The lowest BCUT2D eigenvalue weighted by atomic mass is 10.0. The van der Waals surface area contributed by atoms with Gasteiger partial charge >= 0.3 is 0 Å². The number of carbonyl (C=O) groups excluding carboxylic acids is 2. The fourth-order valence-electron chi connectivity index (χ4n) is 1.50. The molecule has 0 atom stereocenters. The maximum absolute atomic E-state index is 12.1. The highest BCUT2D eigenvalue weighted by atomic mass is 32.2. The van der Waals surface area contributed by atoms with Crippen LogP contribution < -0.4 is 10.0 Å². The van der Waals surface area contributed by atoms with Gasteiger partial charge in [-0.25, -0.2) is 4.72 Å². The molecule has 2 N–H and O–H groups in total. The van der Waals surface area contributed by atoms with Gasteiger partial charge in [-0.3, -0.25) is 14.9 Å². The molecule has 0 radical (unpaired) electrons. The van der Waals surface area contributed by atoms with Crippen LogP contribution in [-0.2, 0) is 19.8 Å². The van der Waals surface area contributed by atoms with Gasteiger partial charge in [0.1, 0.15) is 5.54 Å². The number of hydrogen-bond donors (Lipinski definition) is 2. The number of amides is 2. The average Bonchev–Trinajstić information content (AvgIpc) is 2.21. The van der Waals surface area contributed by atoms with Crippen LogP contribution in [-0.4, -0.2) is 43.2 Å². The van der Waals surface area contributed by atoms with Gasteiger partial charge in [0.25, 0.3) is 10.2 Å². The normalized spacial score (nSPS) is 21.2. The summed E-state index contributed by atoms with van der Waals surface area (Å²) in [6.07, 6.45) is 0. The van der Waals surface area contributed by atoms with Gasteiger partial charge in [0.2, 0.25) is 11.8 Å². The smallest absolute Gasteiger partial charge is 0.280 e. The first-order chi connectivity index (χ1) is 8.07. The molecular formula is C10H19N3O4S. The molecule has 0 saturated carbocycles. The van der Waals surface area contributed by atoms with E-state index in [9.17, 15) is 18.0 Å². The lowest BCUT2D eigenvalue weighted by molar-refractivity contribution is -0.141. The molecule has 8 heteroatoms. The van der Waals surface area contributed by atoms with Gasteiger partial charge in [-0.05, 0) is 19.8 Å². The molecular weight excluding hydrogens is 258 g/mol. The molecule has 0 unspecified atom stereocenters. The van der Waals surface area contributed by atoms with Crippen molar-refractivity contribution in [2.75, 3.05) is 13.1 Å². The summed E-state index contributed by atoms with van der Waals surface area (Å²) >= 11 is 0. The Hall–Kier alpha value is -0.990. The van der Waals surface area contributed by atoms with E-state index in [1.54, 1.807) is 0 Å². The molecule has 1 aliphatic rings. The molecule has 0 aromatic rings. The summed E-state index contributed by atoms with van der Waals surface area (Å²) in [5, 5.41) is 2.12. The van der Waals surface area contributed by atoms with Gasteiger partial charge in [-0.15, -0.1) is 0 Å². The summed E-state index contributed by atoms with van der Waals surface area (Å²) in [4.78, 5) is 22.9. The Morgan fingerprint density at radius 1 is 1.39 bits per heavy atom. The highest BCUT2D eigenvalue weighted by molar-refractivity contribution is 7.87. The van der Waals surface area contributed by atoms with E-state index >= 15 is 0 Å². The van der Waals surface area contributed by atoms with Crippen molar-refractivity contribution in [1.29, 1.82) is 0 Å². The third-order valence-electron chi connectivity index (χ3n) is 2.68. The Morgan fingerprint density at radius 3 is 2.44 bits per heavy atom. The minimum absolute atomic E-state index is 0.136. The zero-order valence-electron chi connectivity index (χ0n) is 11.0. The number of piperazine rings is 1. The second-order valence-corrected chi connectivity index (χ2v) is 6.87. The van der Waals surface area contributed by atoms with E-state index in [1.165, 1.54) is 13.8 Å². The largest absolute Gasteiger partial charge is 0.294 e. The number of carbonyl (C=O) groups is 2. The predicted octanol–water partition coefficient (Wildman–Crippen LogP) is -0.786. The van der Waals surface area contributed by atoms with Crippen LogP contribution in [0.2, 0.25) is 0 Å². The van der Waals surface area contributed by atoms with E-state index in [2.05, 4.69) is 10.0 Å². The molecule has 104 valence electrons. The van der Waals surface area contributed by atoms with Crippen LogP contribution in [0.1, 0.15) is 27.7 Å². The zero-order valence-corrected chi connectivity index (χ0v) is 11.8. The number of hydrogen-bond acceptors (Lipinski definition) is 4. The van der Waals surface area contributed by atoms with Crippen LogP contribution in [0.15, 0.2) is 0 Å². The zero-order chi connectivity index (χ0) is 14.1. The first-order valence-electron chi connectivity index (χ1n) is 5.69. The molecule has 1 saturated heterocycles. The Labute approximate surface area is 107 Å². The molecule has 7 nitrogen and oxygen atoms in total. The highest BCUT2D eigenvalue weighted by Gasteiger charge is 2.47. The number of imide groups is 1. The second-order valence-electron chi connectivity index (χ2n) is 5.19. The molecule has 0 bridgehead atoms. The summed E-state index contributed by atoms with van der Waals surface area (Å²) in [5.41, 5.74) is -1.28. The van der Waals surface area contributed by atoms with E-state index in [0.29, 0.717) is 0 Å². The molecule has 1 fully saturated rings. The molecule has 0 aromatic carbocycles. The third kappa shape index (κ3) is 3.06. The standard InChI is InChI=1S/C10H19N3O4S/c1-7(2)5-11-18(16,17)13-6-8(14)12-9(15)10(13,3)4/h7,11H,5-6H2,1-4H3,(H,12,14,15). The summed E-state index contributed by atoms with van der Waals surface area (Å²) in [6, 6.07) is 0. The molecule has 2 amide bonds. The van der Waals surface area contributed by atoms with Crippen LogP contribution in [0.25, 0.3) is 0 Å². The molecule has 0 spiro atoms. The van der Waals surface area contributed by atoms with Gasteiger partial charge in [-0.2, -0.15) is 12.7 Å². The third-order valence-corrected chi connectivity index (χ3v) is 4.38.